The SMILES string of the molecule is CC1=C2c3ccsc3C1[Si]2(C)C.CCCc1ccc(-c2cccc3[cH-]c(C)cc23)cc1.[Cl-].[Cl-].[Zr+3]. The van der Waals surface area contributed by atoms with Crippen LogP contribution in [0.15, 0.2) is 71.6 Å². The van der Waals surface area contributed by atoms with Gasteiger partial charge in [0.2, 0.25) is 0 Å². The topological polar surface area (TPSA) is 0 Å². The van der Waals surface area contributed by atoms with Crippen LogP contribution in [0.1, 0.15) is 47.4 Å². The third-order valence-corrected chi connectivity index (χ3v) is 12.4. The molecule has 2 aliphatic heterocycles. The Kier molecular flexibility index (Phi) is 9.93. The maximum absolute atomic E-state index is 2.51. The second-order valence-electron chi connectivity index (χ2n) is 9.70. The summed E-state index contributed by atoms with van der Waals surface area (Å²) in [5.41, 5.74) is 9.61. The van der Waals surface area contributed by atoms with Crippen LogP contribution in [0, 0.1) is 6.92 Å². The van der Waals surface area contributed by atoms with Crippen molar-refractivity contribution in [2.45, 2.75) is 52.2 Å². The number of hydrogen-bond acceptors (Lipinski definition) is 1. The maximum atomic E-state index is 2.51. The molecule has 3 aliphatic rings. The van der Waals surface area contributed by atoms with Crippen molar-refractivity contribution in [3.8, 4) is 11.1 Å². The van der Waals surface area contributed by atoms with Gasteiger partial charge < -0.3 is 24.8 Å². The molecule has 5 heteroatoms. The summed E-state index contributed by atoms with van der Waals surface area (Å²) < 4.78 is 0. The zero-order chi connectivity index (χ0) is 21.8. The largest absolute Gasteiger partial charge is 3.00 e. The first-order valence-electron chi connectivity index (χ1n) is 11.5. The summed E-state index contributed by atoms with van der Waals surface area (Å²) in [4.78, 5) is 1.68. The van der Waals surface area contributed by atoms with Crippen LogP contribution in [0.2, 0.25) is 13.1 Å². The van der Waals surface area contributed by atoms with E-state index in [1.54, 1.807) is 21.2 Å². The molecule has 0 spiro atoms. The minimum Gasteiger partial charge on any atom is -1.00 e. The van der Waals surface area contributed by atoms with E-state index in [2.05, 4.69) is 99.9 Å². The Morgan fingerprint density at radius 3 is 2.26 bits per heavy atom. The molecule has 0 saturated carbocycles. The number of aryl methyl sites for hydroxylation is 2. The van der Waals surface area contributed by atoms with Crippen LogP contribution in [0.3, 0.4) is 0 Å². The Bertz CT molecular complexity index is 1300. The van der Waals surface area contributed by atoms with E-state index in [9.17, 15) is 0 Å². The van der Waals surface area contributed by atoms with Gasteiger partial charge in [0.25, 0.3) is 0 Å². The number of benzene rings is 2. The standard InChI is InChI=1S/C19H19.C10H12SSi.2ClH.Zr/c1-3-5-15-8-10-16(11-9-15)18-7-4-6-17-12-14(2)13-19(17)18;1-6-9-7-4-5-11-8(7)10(6)12(9,2)3;;;/h4,6-13H,3,5H2,1-2H3;4-5,10H,1-3H3;2*1H;/q-1;;;;+3/p-2. The van der Waals surface area contributed by atoms with Gasteiger partial charge in [0.05, 0.1) is 8.07 Å². The van der Waals surface area contributed by atoms with Gasteiger partial charge in [-0.05, 0) is 41.5 Å². The molecular weight excluding hydrogens is 571 g/mol. The number of thiophene rings is 1. The van der Waals surface area contributed by atoms with Gasteiger partial charge in [0, 0.05) is 10.4 Å². The smallest absolute Gasteiger partial charge is 1.00 e. The fraction of sp³-hybridized carbons (Fsp3) is 0.276. The average Bonchev–Trinajstić information content (AvgIpc) is 3.45. The van der Waals surface area contributed by atoms with E-state index in [1.807, 2.05) is 11.3 Å². The molecular formula is C29H31Cl2SSiZr. The first-order chi connectivity index (χ1) is 14.9. The van der Waals surface area contributed by atoms with Gasteiger partial charge in [-0.1, -0.05) is 80.0 Å². The van der Waals surface area contributed by atoms with Crippen LogP contribution in [-0.2, 0) is 32.6 Å². The normalized spacial score (nSPS) is 16.3. The molecule has 175 valence electrons. The predicted octanol–water partition coefficient (Wildman–Crippen LogP) is 2.91. The molecule has 0 fully saturated rings. The first kappa shape index (κ1) is 29.4. The molecule has 1 aliphatic carbocycles. The van der Waals surface area contributed by atoms with Crippen molar-refractivity contribution in [2.75, 3.05) is 0 Å². The van der Waals surface area contributed by atoms with Crippen molar-refractivity contribution >= 4 is 35.4 Å². The van der Waals surface area contributed by atoms with Gasteiger partial charge >= 0.3 is 26.2 Å². The van der Waals surface area contributed by atoms with Crippen molar-refractivity contribution < 1.29 is 51.0 Å². The number of hydrogen-bond donors (Lipinski definition) is 0. The van der Waals surface area contributed by atoms with Crippen LogP contribution in [0.5, 0.6) is 0 Å². The van der Waals surface area contributed by atoms with Crippen molar-refractivity contribution in [1.29, 1.82) is 0 Å². The van der Waals surface area contributed by atoms with Crippen molar-refractivity contribution in [1.82, 2.24) is 0 Å². The second-order valence-corrected chi connectivity index (χ2v) is 15.2. The second kappa shape index (κ2) is 11.5. The number of halogens is 2. The van der Waals surface area contributed by atoms with Crippen LogP contribution in [0.4, 0.5) is 0 Å². The van der Waals surface area contributed by atoms with Gasteiger partial charge in [-0.25, -0.2) is 0 Å². The Labute approximate surface area is 241 Å². The first-order valence-corrected chi connectivity index (χ1v) is 15.4. The van der Waals surface area contributed by atoms with Crippen molar-refractivity contribution in [2.24, 2.45) is 0 Å². The molecule has 4 aromatic rings. The summed E-state index contributed by atoms with van der Waals surface area (Å²) >= 11 is 1.96. The van der Waals surface area contributed by atoms with Crippen molar-refractivity contribution in [3.63, 3.8) is 0 Å². The molecule has 0 saturated heterocycles. The van der Waals surface area contributed by atoms with E-state index in [0.717, 1.165) is 5.54 Å². The summed E-state index contributed by atoms with van der Waals surface area (Å²) in [6.45, 7) is 11.7. The molecule has 1 aromatic heterocycles. The van der Waals surface area contributed by atoms with Gasteiger partial charge in [0.15, 0.2) is 0 Å². The maximum Gasteiger partial charge on any atom is 3.00 e. The molecule has 3 heterocycles. The molecule has 3 aromatic carbocycles. The molecule has 1 atom stereocenters. The van der Waals surface area contributed by atoms with E-state index in [0.29, 0.717) is 0 Å². The van der Waals surface area contributed by atoms with Crippen molar-refractivity contribution in [3.05, 3.63) is 93.2 Å². The molecule has 0 amide bonds. The van der Waals surface area contributed by atoms with E-state index in [1.165, 1.54) is 45.9 Å². The Morgan fingerprint density at radius 2 is 1.65 bits per heavy atom. The fourth-order valence-electron chi connectivity index (χ4n) is 5.87. The monoisotopic (exact) mass is 599 g/mol. The summed E-state index contributed by atoms with van der Waals surface area (Å²) in [6, 6.07) is 22.4. The van der Waals surface area contributed by atoms with Crippen LogP contribution < -0.4 is 24.8 Å². The molecule has 0 N–H and O–H groups in total. The molecule has 7 rings (SSSR count). The van der Waals surface area contributed by atoms with Crippen LogP contribution in [0.25, 0.3) is 27.1 Å². The summed E-state index contributed by atoms with van der Waals surface area (Å²) in [6.07, 6.45) is 2.37. The molecule has 1 radical (unpaired) electrons. The van der Waals surface area contributed by atoms with Gasteiger partial charge in [0.1, 0.15) is 0 Å². The summed E-state index contributed by atoms with van der Waals surface area (Å²) in [5.74, 6) is 0. The summed E-state index contributed by atoms with van der Waals surface area (Å²) in [5, 5.41) is 6.72. The third-order valence-electron chi connectivity index (χ3n) is 7.12. The Hall–Kier alpha value is -0.830. The Morgan fingerprint density at radius 1 is 0.941 bits per heavy atom. The minimum atomic E-state index is -0.972. The van der Waals surface area contributed by atoms with Gasteiger partial charge in [-0.2, -0.15) is 6.07 Å². The molecule has 34 heavy (non-hydrogen) atoms. The number of allylic oxidation sites excluding steroid dienone is 1. The van der Waals surface area contributed by atoms with E-state index >= 15 is 0 Å². The zero-order valence-corrected chi connectivity index (χ0v) is 26.3. The van der Waals surface area contributed by atoms with E-state index in [-0.39, 0.29) is 51.0 Å². The quantitative estimate of drug-likeness (QED) is 0.250. The minimum absolute atomic E-state index is 0. The van der Waals surface area contributed by atoms with Gasteiger partial charge in [-0.15, -0.1) is 45.9 Å². The molecule has 0 nitrogen and oxygen atoms in total. The number of fused-ring (bicyclic) bond motifs is 1. The van der Waals surface area contributed by atoms with E-state index < -0.39 is 8.07 Å². The Balaban J connectivity index is 0.000000238. The molecule has 2 bridgehead atoms. The third kappa shape index (κ3) is 4.89. The number of rotatable bonds is 3. The van der Waals surface area contributed by atoms with Crippen LogP contribution in [-0.4, -0.2) is 8.07 Å². The summed E-state index contributed by atoms with van der Waals surface area (Å²) in [7, 11) is -0.972. The zero-order valence-electron chi connectivity index (χ0n) is 20.5. The predicted molar refractivity (Wildman–Crippen MR) is 141 cm³/mol. The molecule has 1 unspecified atom stereocenters. The van der Waals surface area contributed by atoms with E-state index in [4.69, 9.17) is 0 Å². The van der Waals surface area contributed by atoms with Crippen LogP contribution >= 0.6 is 11.3 Å². The fourth-order valence-corrected chi connectivity index (χ4v) is 12.2. The van der Waals surface area contributed by atoms with Gasteiger partial charge in [-0.3, -0.25) is 0 Å². The average molecular weight is 602 g/mol.